The number of hydrogen-bond donors (Lipinski definition) is 1. The predicted octanol–water partition coefficient (Wildman–Crippen LogP) is 2.04. The molecule has 0 aliphatic carbocycles. The first-order valence-corrected chi connectivity index (χ1v) is 7.16. The predicted molar refractivity (Wildman–Crippen MR) is 76.6 cm³/mol. The van der Waals surface area contributed by atoms with E-state index in [0.29, 0.717) is 12.5 Å². The van der Waals surface area contributed by atoms with Crippen molar-refractivity contribution in [1.82, 2.24) is 10.2 Å². The summed E-state index contributed by atoms with van der Waals surface area (Å²) >= 11 is 0. The summed E-state index contributed by atoms with van der Waals surface area (Å²) in [6, 6.07) is -0.747. The molecule has 3 atom stereocenters. The van der Waals surface area contributed by atoms with E-state index in [1.807, 2.05) is 13.8 Å². The zero-order chi connectivity index (χ0) is 15.0. The lowest BCUT2D eigenvalue weighted by atomic mass is 9.81. The van der Waals surface area contributed by atoms with E-state index in [1.165, 1.54) is 0 Å². The van der Waals surface area contributed by atoms with Crippen LogP contribution in [0.25, 0.3) is 0 Å². The van der Waals surface area contributed by atoms with Gasteiger partial charge in [0.1, 0.15) is 12.1 Å². The van der Waals surface area contributed by atoms with E-state index in [2.05, 4.69) is 33.0 Å². The average molecular weight is 268 g/mol. The van der Waals surface area contributed by atoms with E-state index >= 15 is 0 Å². The van der Waals surface area contributed by atoms with Crippen molar-refractivity contribution in [3.63, 3.8) is 0 Å². The number of carbonyl (C=O) groups excluding carboxylic acids is 2. The minimum absolute atomic E-state index is 0.0248. The minimum Gasteiger partial charge on any atom is -0.343 e. The summed E-state index contributed by atoms with van der Waals surface area (Å²) in [5.41, 5.74) is 0.124. The Morgan fingerprint density at radius 2 is 1.74 bits per heavy atom. The molecule has 1 heterocycles. The van der Waals surface area contributed by atoms with Gasteiger partial charge in [0.2, 0.25) is 11.8 Å². The molecule has 4 nitrogen and oxygen atoms in total. The van der Waals surface area contributed by atoms with Crippen molar-refractivity contribution in [3.8, 4) is 0 Å². The van der Waals surface area contributed by atoms with E-state index in [9.17, 15) is 9.59 Å². The first-order valence-electron chi connectivity index (χ1n) is 7.16. The highest BCUT2D eigenvalue weighted by molar-refractivity contribution is 5.96. The largest absolute Gasteiger partial charge is 0.343 e. The maximum Gasteiger partial charge on any atom is 0.245 e. The molecular formula is C15H28N2O2. The molecule has 1 N–H and O–H groups in total. The van der Waals surface area contributed by atoms with Gasteiger partial charge >= 0.3 is 0 Å². The molecule has 19 heavy (non-hydrogen) atoms. The number of carbonyl (C=O) groups is 2. The van der Waals surface area contributed by atoms with Crippen LogP contribution in [0, 0.1) is 17.3 Å². The molecule has 0 aromatic rings. The van der Waals surface area contributed by atoms with Crippen molar-refractivity contribution in [1.29, 1.82) is 0 Å². The molecule has 1 rings (SSSR count). The quantitative estimate of drug-likeness (QED) is 0.851. The van der Waals surface area contributed by atoms with Crippen LogP contribution in [-0.4, -0.2) is 35.3 Å². The van der Waals surface area contributed by atoms with Crippen LogP contribution in [0.3, 0.4) is 0 Å². The maximum atomic E-state index is 12.4. The third kappa shape index (κ3) is 3.48. The van der Waals surface area contributed by atoms with Crippen LogP contribution < -0.4 is 5.32 Å². The molecule has 110 valence electrons. The van der Waals surface area contributed by atoms with Gasteiger partial charge in [-0.2, -0.15) is 0 Å². The Morgan fingerprint density at radius 3 is 2.16 bits per heavy atom. The van der Waals surface area contributed by atoms with Crippen molar-refractivity contribution >= 4 is 11.8 Å². The molecule has 1 fully saturated rings. The van der Waals surface area contributed by atoms with Crippen molar-refractivity contribution in [3.05, 3.63) is 0 Å². The summed E-state index contributed by atoms with van der Waals surface area (Å²) in [7, 11) is 0. The SMILES string of the molecule is CC1NC(=O)C(C(C)C)N(CC(C)C(C)(C)C)C1=O. The van der Waals surface area contributed by atoms with Crippen LogP contribution in [0.1, 0.15) is 48.5 Å². The van der Waals surface area contributed by atoms with Gasteiger partial charge in [-0.3, -0.25) is 9.59 Å². The molecule has 1 aliphatic rings. The summed E-state index contributed by atoms with van der Waals surface area (Å²) in [6.45, 7) is 15.0. The van der Waals surface area contributed by atoms with Gasteiger partial charge in [0.05, 0.1) is 0 Å². The van der Waals surface area contributed by atoms with Crippen LogP contribution in [0.4, 0.5) is 0 Å². The van der Waals surface area contributed by atoms with E-state index in [1.54, 1.807) is 11.8 Å². The summed E-state index contributed by atoms with van der Waals surface area (Å²) in [5, 5.41) is 2.77. The van der Waals surface area contributed by atoms with Gasteiger partial charge in [-0.25, -0.2) is 0 Å². The monoisotopic (exact) mass is 268 g/mol. The Kier molecular flexibility index (Phi) is 4.64. The Balaban J connectivity index is 2.96. The van der Waals surface area contributed by atoms with Crippen LogP contribution in [0.2, 0.25) is 0 Å². The first-order chi connectivity index (χ1) is 8.55. The number of nitrogens with zero attached hydrogens (tertiary/aromatic N) is 1. The summed E-state index contributed by atoms with van der Waals surface area (Å²) < 4.78 is 0. The van der Waals surface area contributed by atoms with Crippen molar-refractivity contribution in [2.45, 2.75) is 60.5 Å². The fraction of sp³-hybridized carbons (Fsp3) is 0.867. The fourth-order valence-electron chi connectivity index (χ4n) is 2.32. The molecule has 2 amide bonds. The molecule has 0 bridgehead atoms. The Hall–Kier alpha value is -1.06. The van der Waals surface area contributed by atoms with E-state index in [0.717, 1.165) is 0 Å². The number of amides is 2. The van der Waals surface area contributed by atoms with Gasteiger partial charge in [-0.05, 0) is 24.2 Å². The minimum atomic E-state index is -0.408. The average Bonchev–Trinajstić information content (AvgIpc) is 2.23. The number of piperazine rings is 1. The summed E-state index contributed by atoms with van der Waals surface area (Å²) in [4.78, 5) is 26.3. The number of rotatable bonds is 3. The zero-order valence-electron chi connectivity index (χ0n) is 13.3. The smallest absolute Gasteiger partial charge is 0.245 e. The lowest BCUT2D eigenvalue weighted by Gasteiger charge is -2.43. The second-order valence-electron chi connectivity index (χ2n) is 7.18. The van der Waals surface area contributed by atoms with Gasteiger partial charge in [0.15, 0.2) is 0 Å². The van der Waals surface area contributed by atoms with E-state index in [4.69, 9.17) is 0 Å². The molecule has 0 aromatic carbocycles. The van der Waals surface area contributed by atoms with Gasteiger partial charge in [-0.1, -0.05) is 41.5 Å². The van der Waals surface area contributed by atoms with Crippen LogP contribution in [0.5, 0.6) is 0 Å². The topological polar surface area (TPSA) is 49.4 Å². The van der Waals surface area contributed by atoms with Gasteiger partial charge in [0.25, 0.3) is 0 Å². The highest BCUT2D eigenvalue weighted by Gasteiger charge is 2.41. The Labute approximate surface area is 116 Å². The maximum absolute atomic E-state index is 12.4. The van der Waals surface area contributed by atoms with Crippen LogP contribution >= 0.6 is 0 Å². The number of hydrogen-bond acceptors (Lipinski definition) is 2. The lowest BCUT2D eigenvalue weighted by molar-refractivity contribution is -0.151. The normalized spacial score (nSPS) is 26.6. The van der Waals surface area contributed by atoms with Crippen molar-refractivity contribution in [2.24, 2.45) is 17.3 Å². The number of nitrogens with one attached hydrogen (secondary N) is 1. The molecule has 4 heteroatoms. The van der Waals surface area contributed by atoms with E-state index < -0.39 is 6.04 Å². The molecule has 3 unspecified atom stereocenters. The van der Waals surface area contributed by atoms with Gasteiger partial charge in [-0.15, -0.1) is 0 Å². The van der Waals surface area contributed by atoms with Crippen molar-refractivity contribution < 1.29 is 9.59 Å². The second-order valence-corrected chi connectivity index (χ2v) is 7.18. The van der Waals surface area contributed by atoms with Gasteiger partial charge < -0.3 is 10.2 Å². The highest BCUT2D eigenvalue weighted by atomic mass is 16.2. The molecule has 1 saturated heterocycles. The molecule has 0 radical (unpaired) electrons. The molecule has 0 aromatic heterocycles. The lowest BCUT2D eigenvalue weighted by Crippen LogP contribution is -2.64. The molecule has 0 spiro atoms. The molecule has 0 saturated carbocycles. The van der Waals surface area contributed by atoms with Crippen molar-refractivity contribution in [2.75, 3.05) is 6.54 Å². The summed E-state index contributed by atoms with van der Waals surface area (Å²) in [5.74, 6) is 0.483. The Morgan fingerprint density at radius 1 is 1.21 bits per heavy atom. The molecular weight excluding hydrogens is 240 g/mol. The van der Waals surface area contributed by atoms with Crippen LogP contribution in [0.15, 0.2) is 0 Å². The highest BCUT2D eigenvalue weighted by Crippen LogP contribution is 2.28. The van der Waals surface area contributed by atoms with Crippen LogP contribution in [-0.2, 0) is 9.59 Å². The van der Waals surface area contributed by atoms with Gasteiger partial charge in [0, 0.05) is 6.54 Å². The fourth-order valence-corrected chi connectivity index (χ4v) is 2.32. The first kappa shape index (κ1) is 16.0. The third-order valence-electron chi connectivity index (χ3n) is 4.20. The third-order valence-corrected chi connectivity index (χ3v) is 4.20. The van der Waals surface area contributed by atoms with E-state index in [-0.39, 0.29) is 29.2 Å². The standard InChI is InChI=1S/C15H28N2O2/c1-9(2)12-13(18)16-11(4)14(19)17(12)8-10(3)15(5,6)7/h9-12H,8H2,1-7H3,(H,16,18). The summed E-state index contributed by atoms with van der Waals surface area (Å²) in [6.07, 6.45) is 0. The second kappa shape index (κ2) is 5.51. The Bertz CT molecular complexity index is 358. The molecule has 1 aliphatic heterocycles. The zero-order valence-corrected chi connectivity index (χ0v) is 13.3.